The number of carbonyl (C=O) groups is 2. The standard InChI is InChI=1S/C32H30F3NO5S.Li.H/c1-20-7-3-4-8-23(20)26-17-21(11-13-24(26)30(37)36-28(31(38)39)15-16-42-2)18-40-19-22-12-14-29(41-22)25-9-5-6-10-27(25)32(33,34)35;;/h3-14,17,28H,15-16,18-19H2,1-2H3,(H,36,37)(H,38,39);;/t28-;;/m0../s1. The maximum atomic E-state index is 13.4. The van der Waals surface area contributed by atoms with Crippen molar-refractivity contribution in [1.82, 2.24) is 5.32 Å². The Morgan fingerprint density at radius 2 is 1.65 bits per heavy atom. The maximum absolute atomic E-state index is 13.4. The number of hydrogen-bond acceptors (Lipinski definition) is 5. The number of carboxylic acid groups (broad SMARTS) is 1. The first kappa shape index (κ1) is 34.1. The molecule has 2 N–H and O–H groups in total. The molecule has 43 heavy (non-hydrogen) atoms. The Kier molecular flexibility index (Phi) is 12.2. The van der Waals surface area contributed by atoms with Gasteiger partial charge in [0.2, 0.25) is 0 Å². The van der Waals surface area contributed by atoms with Gasteiger partial charge >= 0.3 is 31.0 Å². The Labute approximate surface area is 264 Å². The number of thioether (sulfide) groups is 1. The predicted octanol–water partition coefficient (Wildman–Crippen LogP) is 6.95. The molecule has 1 amide bonds. The average molecular weight is 606 g/mol. The van der Waals surface area contributed by atoms with Crippen molar-refractivity contribution in [1.29, 1.82) is 0 Å². The van der Waals surface area contributed by atoms with Crippen LogP contribution >= 0.6 is 11.8 Å². The van der Waals surface area contributed by atoms with Crippen molar-refractivity contribution in [3.63, 3.8) is 0 Å². The van der Waals surface area contributed by atoms with Crippen LogP contribution in [0.1, 0.15) is 39.2 Å². The zero-order chi connectivity index (χ0) is 30.3. The van der Waals surface area contributed by atoms with E-state index in [4.69, 9.17) is 9.15 Å². The number of amides is 1. The van der Waals surface area contributed by atoms with E-state index in [1.54, 1.807) is 18.2 Å². The van der Waals surface area contributed by atoms with E-state index in [2.05, 4.69) is 5.32 Å². The van der Waals surface area contributed by atoms with Crippen LogP contribution in [0.4, 0.5) is 13.2 Å². The van der Waals surface area contributed by atoms with Crippen molar-refractivity contribution in [2.75, 3.05) is 12.0 Å². The van der Waals surface area contributed by atoms with Gasteiger partial charge in [-0.15, -0.1) is 0 Å². The van der Waals surface area contributed by atoms with Gasteiger partial charge in [-0.3, -0.25) is 4.79 Å². The summed E-state index contributed by atoms with van der Waals surface area (Å²) < 4.78 is 51.7. The monoisotopic (exact) mass is 605 g/mol. The third-order valence-corrected chi connectivity index (χ3v) is 7.29. The Morgan fingerprint density at radius 1 is 0.953 bits per heavy atom. The Bertz CT molecular complexity index is 1560. The number of furan rings is 1. The van der Waals surface area contributed by atoms with Crippen molar-refractivity contribution in [3.8, 4) is 22.5 Å². The summed E-state index contributed by atoms with van der Waals surface area (Å²) in [6.45, 7) is 2.08. The normalized spacial score (nSPS) is 11.9. The van der Waals surface area contributed by atoms with Gasteiger partial charge in [-0.25, -0.2) is 4.79 Å². The number of nitrogens with one attached hydrogen (secondary N) is 1. The summed E-state index contributed by atoms with van der Waals surface area (Å²) in [4.78, 5) is 25.0. The number of hydrogen-bond donors (Lipinski definition) is 2. The SMILES string of the molecule is CSCC[C@H](NC(=O)c1ccc(COCc2ccc(-c3ccccc3C(F)(F)F)o2)cc1-c1ccccc1C)C(=O)O.[LiH]. The molecule has 0 saturated carbocycles. The molecule has 0 aliphatic carbocycles. The van der Waals surface area contributed by atoms with Crippen molar-refractivity contribution >= 4 is 42.5 Å². The number of ether oxygens (including phenoxy) is 1. The molecule has 0 spiro atoms. The van der Waals surface area contributed by atoms with Gasteiger partial charge in [0.1, 0.15) is 24.2 Å². The van der Waals surface area contributed by atoms with Crippen molar-refractivity contribution < 1.29 is 37.0 Å². The van der Waals surface area contributed by atoms with Gasteiger partial charge in [0.05, 0.1) is 12.2 Å². The fourth-order valence-corrected chi connectivity index (χ4v) is 4.99. The second kappa shape index (κ2) is 15.3. The molecule has 11 heteroatoms. The number of aliphatic carboxylic acids is 1. The third-order valence-electron chi connectivity index (χ3n) is 6.65. The van der Waals surface area contributed by atoms with Crippen LogP contribution in [0.25, 0.3) is 22.5 Å². The van der Waals surface area contributed by atoms with E-state index < -0.39 is 29.7 Å². The van der Waals surface area contributed by atoms with Crippen molar-refractivity contribution in [3.05, 3.63) is 107 Å². The van der Waals surface area contributed by atoms with Crippen LogP contribution in [0, 0.1) is 6.92 Å². The molecule has 0 saturated heterocycles. The summed E-state index contributed by atoms with van der Waals surface area (Å²) in [5, 5.41) is 12.2. The third kappa shape index (κ3) is 8.80. The number of aryl methyl sites for hydroxylation is 1. The van der Waals surface area contributed by atoms with E-state index in [0.29, 0.717) is 29.1 Å². The molecule has 3 aromatic carbocycles. The molecule has 0 aliphatic heterocycles. The molecule has 0 radical (unpaired) electrons. The van der Waals surface area contributed by atoms with Crippen LogP contribution in [0.5, 0.6) is 0 Å². The first-order chi connectivity index (χ1) is 20.1. The minimum atomic E-state index is -4.51. The Morgan fingerprint density at radius 3 is 2.33 bits per heavy atom. The van der Waals surface area contributed by atoms with Crippen molar-refractivity contribution in [2.24, 2.45) is 0 Å². The van der Waals surface area contributed by atoms with E-state index in [1.807, 2.05) is 43.5 Å². The molecule has 4 aromatic rings. The Balaban J connectivity index is 0.00000506. The fraction of sp³-hybridized carbons (Fsp3) is 0.250. The van der Waals surface area contributed by atoms with E-state index >= 15 is 0 Å². The summed E-state index contributed by atoms with van der Waals surface area (Å²) >= 11 is 1.50. The average Bonchev–Trinajstić information content (AvgIpc) is 3.43. The molecule has 1 atom stereocenters. The first-order valence-corrected chi connectivity index (χ1v) is 14.5. The molecular weight excluding hydrogens is 574 g/mol. The number of halogens is 3. The quantitative estimate of drug-likeness (QED) is 0.170. The molecule has 0 aliphatic rings. The summed E-state index contributed by atoms with van der Waals surface area (Å²) in [7, 11) is 0. The van der Waals surface area contributed by atoms with E-state index in [0.717, 1.165) is 22.8 Å². The summed E-state index contributed by atoms with van der Waals surface area (Å²) in [5.74, 6) is -0.540. The zero-order valence-corrected chi connectivity index (χ0v) is 23.9. The van der Waals surface area contributed by atoms with Gasteiger partial charge < -0.3 is 19.6 Å². The van der Waals surface area contributed by atoms with Crippen LogP contribution in [0.2, 0.25) is 0 Å². The predicted molar refractivity (Wildman–Crippen MR) is 163 cm³/mol. The number of carbonyl (C=O) groups excluding carboxylic acids is 1. The van der Waals surface area contributed by atoms with E-state index in [-0.39, 0.29) is 43.4 Å². The number of benzene rings is 3. The molecule has 6 nitrogen and oxygen atoms in total. The van der Waals surface area contributed by atoms with Gasteiger partial charge in [0.15, 0.2) is 0 Å². The first-order valence-electron chi connectivity index (χ1n) is 13.1. The minimum absolute atomic E-state index is 0. The van der Waals surface area contributed by atoms with Crippen LogP contribution in [-0.2, 0) is 28.9 Å². The summed E-state index contributed by atoms with van der Waals surface area (Å²) in [6.07, 6.45) is -2.35. The number of rotatable bonds is 12. The molecule has 222 valence electrons. The molecule has 0 fully saturated rings. The van der Waals surface area contributed by atoms with Crippen LogP contribution < -0.4 is 5.32 Å². The zero-order valence-electron chi connectivity index (χ0n) is 23.0. The second-order valence-electron chi connectivity index (χ2n) is 9.64. The molecular formula is C32H31F3LiNO5S. The van der Waals surface area contributed by atoms with E-state index in [9.17, 15) is 27.9 Å². The van der Waals surface area contributed by atoms with Gasteiger partial charge in [0, 0.05) is 11.1 Å². The van der Waals surface area contributed by atoms with Crippen LogP contribution in [0.3, 0.4) is 0 Å². The molecule has 0 bridgehead atoms. The van der Waals surface area contributed by atoms with Gasteiger partial charge in [-0.2, -0.15) is 24.9 Å². The van der Waals surface area contributed by atoms with E-state index in [1.165, 1.54) is 36.0 Å². The molecule has 1 aromatic heterocycles. The second-order valence-corrected chi connectivity index (χ2v) is 10.6. The van der Waals surface area contributed by atoms with Gasteiger partial charge in [-0.05, 0) is 77.9 Å². The fourth-order valence-electron chi connectivity index (χ4n) is 4.52. The molecule has 1 heterocycles. The van der Waals surface area contributed by atoms with Gasteiger partial charge in [0.25, 0.3) is 5.91 Å². The Hall–Kier alpha value is -3.42. The number of alkyl halides is 3. The molecule has 4 rings (SSSR count). The summed E-state index contributed by atoms with van der Waals surface area (Å²) in [6, 6.07) is 20.0. The van der Waals surface area contributed by atoms with Crippen LogP contribution in [0.15, 0.2) is 83.3 Å². The topological polar surface area (TPSA) is 88.8 Å². The molecule has 0 unspecified atom stereocenters. The van der Waals surface area contributed by atoms with Crippen LogP contribution in [-0.4, -0.2) is 53.9 Å². The number of carboxylic acids is 1. The van der Waals surface area contributed by atoms with Gasteiger partial charge in [-0.1, -0.05) is 48.5 Å². The van der Waals surface area contributed by atoms with Crippen molar-refractivity contribution in [2.45, 2.75) is 38.8 Å². The summed E-state index contributed by atoms with van der Waals surface area (Å²) in [5.41, 5.74) is 2.64.